The summed E-state index contributed by atoms with van der Waals surface area (Å²) in [6.45, 7) is -0.0232. The fraction of sp³-hybridized carbons (Fsp3) is 0.273. The highest BCUT2D eigenvalue weighted by atomic mass is 16.5. The predicted octanol–water partition coefficient (Wildman–Crippen LogP) is 4.20. The molecule has 2 rings (SSSR count). The molecule has 0 aliphatic rings. The highest BCUT2D eigenvalue weighted by molar-refractivity contribution is 5.60. The van der Waals surface area contributed by atoms with Crippen LogP contribution in [0.5, 0.6) is 23.0 Å². The maximum absolute atomic E-state index is 9.67. The topological polar surface area (TPSA) is 57.2 Å². The van der Waals surface area contributed by atoms with Crippen LogP contribution in [-0.2, 0) is 0 Å². The molecule has 5 nitrogen and oxygen atoms in total. The van der Waals surface area contributed by atoms with E-state index in [1.807, 2.05) is 54.6 Å². The van der Waals surface area contributed by atoms with Crippen molar-refractivity contribution in [2.75, 3.05) is 35.0 Å². The fourth-order valence-corrected chi connectivity index (χ4v) is 2.65. The Hall–Kier alpha value is -2.92. The van der Waals surface area contributed by atoms with E-state index >= 15 is 0 Å². The Morgan fingerprint density at radius 3 is 1.81 bits per heavy atom. The summed E-state index contributed by atoms with van der Waals surface area (Å²) in [5, 5.41) is 9.67. The van der Waals surface area contributed by atoms with Gasteiger partial charge in [0.25, 0.3) is 0 Å². The van der Waals surface area contributed by atoms with Gasteiger partial charge in [0.1, 0.15) is 0 Å². The molecule has 0 saturated heterocycles. The number of methoxy groups -OCH3 is 4. The van der Waals surface area contributed by atoms with Crippen LogP contribution < -0.4 is 18.9 Å². The molecule has 0 amide bonds. The van der Waals surface area contributed by atoms with Crippen LogP contribution >= 0.6 is 0 Å². The molecule has 0 atom stereocenters. The van der Waals surface area contributed by atoms with E-state index in [-0.39, 0.29) is 6.61 Å². The number of ether oxygens (including phenoxy) is 4. The molecule has 0 saturated carbocycles. The van der Waals surface area contributed by atoms with Crippen LogP contribution in [-0.4, -0.2) is 40.2 Å². The van der Waals surface area contributed by atoms with E-state index in [4.69, 9.17) is 18.9 Å². The lowest BCUT2D eigenvalue weighted by Crippen LogP contribution is -1.92. The average Bonchev–Trinajstić information content (AvgIpc) is 2.72. The summed E-state index contributed by atoms with van der Waals surface area (Å²) in [5.74, 6) is 2.71. The van der Waals surface area contributed by atoms with Gasteiger partial charge in [0.15, 0.2) is 23.0 Å². The van der Waals surface area contributed by atoms with E-state index in [9.17, 15) is 5.11 Å². The summed E-state index contributed by atoms with van der Waals surface area (Å²) >= 11 is 0. The molecule has 0 bridgehead atoms. The first-order valence-corrected chi connectivity index (χ1v) is 8.56. The molecule has 5 heteroatoms. The van der Waals surface area contributed by atoms with Crippen LogP contribution in [0.1, 0.15) is 17.5 Å². The molecule has 0 radical (unpaired) electrons. The van der Waals surface area contributed by atoms with Gasteiger partial charge in [-0.15, -0.1) is 0 Å². The van der Waals surface area contributed by atoms with Gasteiger partial charge >= 0.3 is 0 Å². The van der Waals surface area contributed by atoms with Gasteiger partial charge in [-0.05, 0) is 47.4 Å². The van der Waals surface area contributed by atoms with Gasteiger partial charge in [0.05, 0.1) is 35.0 Å². The van der Waals surface area contributed by atoms with Crippen LogP contribution in [0.2, 0.25) is 0 Å². The summed E-state index contributed by atoms with van der Waals surface area (Å²) in [5.41, 5.74) is 2.83. The lowest BCUT2D eigenvalue weighted by atomic mass is 10.1. The normalized spacial score (nSPS) is 11.5. The third-order valence-corrected chi connectivity index (χ3v) is 4.08. The Bertz CT molecular complexity index is 808. The molecule has 0 heterocycles. The van der Waals surface area contributed by atoms with Crippen molar-refractivity contribution in [3.05, 3.63) is 59.2 Å². The fourth-order valence-electron chi connectivity index (χ4n) is 2.65. The van der Waals surface area contributed by atoms with Crippen LogP contribution in [0, 0.1) is 0 Å². The molecule has 0 spiro atoms. The summed E-state index contributed by atoms with van der Waals surface area (Å²) < 4.78 is 21.1. The molecule has 0 aliphatic carbocycles. The van der Waals surface area contributed by atoms with E-state index in [2.05, 4.69) is 0 Å². The smallest absolute Gasteiger partial charge is 0.161 e. The van der Waals surface area contributed by atoms with Gasteiger partial charge in [-0.1, -0.05) is 30.4 Å². The van der Waals surface area contributed by atoms with Crippen molar-refractivity contribution in [2.45, 2.75) is 6.42 Å². The van der Waals surface area contributed by atoms with Gasteiger partial charge in [-0.2, -0.15) is 0 Å². The maximum Gasteiger partial charge on any atom is 0.161 e. The molecule has 0 aliphatic heterocycles. The summed E-state index contributed by atoms with van der Waals surface area (Å²) in [6.07, 6.45) is 6.56. The van der Waals surface area contributed by atoms with Crippen molar-refractivity contribution in [2.24, 2.45) is 0 Å². The third kappa shape index (κ3) is 5.53. The third-order valence-electron chi connectivity index (χ3n) is 4.08. The molecule has 0 fully saturated rings. The molecule has 2 aromatic carbocycles. The average molecular weight is 370 g/mol. The first-order valence-electron chi connectivity index (χ1n) is 8.56. The summed E-state index contributed by atoms with van der Waals surface area (Å²) in [6, 6.07) is 11.4. The second kappa shape index (κ2) is 10.3. The van der Waals surface area contributed by atoms with E-state index < -0.39 is 0 Å². The number of aliphatic hydroxyl groups excluding tert-OH is 1. The summed E-state index contributed by atoms with van der Waals surface area (Å²) in [4.78, 5) is 0. The minimum atomic E-state index is -0.0232. The van der Waals surface area contributed by atoms with Crippen molar-refractivity contribution in [1.29, 1.82) is 0 Å². The Balaban J connectivity index is 2.13. The zero-order chi connectivity index (χ0) is 19.6. The van der Waals surface area contributed by atoms with Crippen molar-refractivity contribution in [3.8, 4) is 23.0 Å². The largest absolute Gasteiger partial charge is 0.493 e. The van der Waals surface area contributed by atoms with Crippen LogP contribution in [0.25, 0.3) is 12.2 Å². The monoisotopic (exact) mass is 370 g/mol. The molecule has 144 valence electrons. The molecule has 2 aromatic rings. The zero-order valence-corrected chi connectivity index (χ0v) is 16.2. The van der Waals surface area contributed by atoms with Crippen LogP contribution in [0.15, 0.2) is 48.0 Å². The van der Waals surface area contributed by atoms with E-state index in [1.54, 1.807) is 28.4 Å². The van der Waals surface area contributed by atoms with Gasteiger partial charge in [0.2, 0.25) is 0 Å². The number of hydrogen-bond donors (Lipinski definition) is 1. The number of benzene rings is 2. The molecule has 0 unspecified atom stereocenters. The van der Waals surface area contributed by atoms with Crippen molar-refractivity contribution in [3.63, 3.8) is 0 Å². The minimum Gasteiger partial charge on any atom is -0.493 e. The highest BCUT2D eigenvalue weighted by Crippen LogP contribution is 2.29. The van der Waals surface area contributed by atoms with E-state index in [1.165, 1.54) is 0 Å². The lowest BCUT2D eigenvalue weighted by molar-refractivity contribution is 0.330. The second-order valence-electron chi connectivity index (χ2n) is 5.80. The van der Waals surface area contributed by atoms with Crippen LogP contribution in [0.3, 0.4) is 0 Å². The van der Waals surface area contributed by atoms with E-state index in [0.717, 1.165) is 16.7 Å². The summed E-state index contributed by atoms with van der Waals surface area (Å²) in [7, 11) is 6.43. The van der Waals surface area contributed by atoms with E-state index in [0.29, 0.717) is 29.4 Å². The number of allylic oxidation sites excluding steroid dienone is 1. The van der Waals surface area contributed by atoms with Crippen molar-refractivity contribution < 1.29 is 24.1 Å². The SMILES string of the molecule is COc1ccc(C=CCC(=Cc2ccc(OC)c(OC)c2)CO)cc1OC. The quantitative estimate of drug-likeness (QED) is 0.717. The Morgan fingerprint density at radius 2 is 1.30 bits per heavy atom. The molecular formula is C22H26O5. The molecule has 1 N–H and O–H groups in total. The van der Waals surface area contributed by atoms with Crippen molar-refractivity contribution in [1.82, 2.24) is 0 Å². The molecule has 27 heavy (non-hydrogen) atoms. The molecule has 0 aromatic heterocycles. The standard InChI is InChI=1S/C22H26O5/c1-24-19-10-8-16(13-21(19)26-3)6-5-7-18(15-23)12-17-9-11-20(25-2)22(14-17)27-4/h5-6,8-14,23H,7,15H2,1-4H3. The Labute approximate surface area is 160 Å². The van der Waals surface area contributed by atoms with Gasteiger partial charge in [-0.25, -0.2) is 0 Å². The first-order chi connectivity index (χ1) is 13.1. The number of hydrogen-bond acceptors (Lipinski definition) is 5. The Kier molecular flexibility index (Phi) is 7.77. The molecular weight excluding hydrogens is 344 g/mol. The van der Waals surface area contributed by atoms with Gasteiger partial charge in [0, 0.05) is 0 Å². The predicted molar refractivity (Wildman–Crippen MR) is 108 cm³/mol. The minimum absolute atomic E-state index is 0.0232. The van der Waals surface area contributed by atoms with Gasteiger partial charge < -0.3 is 24.1 Å². The first kappa shape index (κ1) is 20.4. The lowest BCUT2D eigenvalue weighted by Gasteiger charge is -2.09. The number of rotatable bonds is 9. The Morgan fingerprint density at radius 1 is 0.778 bits per heavy atom. The van der Waals surface area contributed by atoms with Crippen LogP contribution in [0.4, 0.5) is 0 Å². The second-order valence-corrected chi connectivity index (χ2v) is 5.80. The maximum atomic E-state index is 9.67. The van der Waals surface area contributed by atoms with Crippen molar-refractivity contribution >= 4 is 12.2 Å². The highest BCUT2D eigenvalue weighted by Gasteiger charge is 2.05. The zero-order valence-electron chi connectivity index (χ0n) is 16.2. The number of aliphatic hydroxyl groups is 1. The van der Waals surface area contributed by atoms with Gasteiger partial charge in [-0.3, -0.25) is 0 Å².